The van der Waals surface area contributed by atoms with Crippen molar-refractivity contribution >= 4 is 7.92 Å². The molecule has 0 aromatic rings. The summed E-state index contributed by atoms with van der Waals surface area (Å²) in [5.74, 6) is 0. The topological polar surface area (TPSA) is 0 Å². The predicted octanol–water partition coefficient (Wildman–Crippen LogP) is -0.736. The molecular weight excluding hydrogens is 126 g/mol. The molecule has 0 spiro atoms. The maximum absolute atomic E-state index is 2.31. The van der Waals surface area contributed by atoms with E-state index in [1.165, 1.54) is 18.5 Å². The van der Waals surface area contributed by atoms with Crippen LogP contribution in [0.5, 0.6) is 0 Å². The molecule has 0 fully saturated rings. The van der Waals surface area contributed by atoms with Crippen LogP contribution in [0.2, 0.25) is 0 Å². The van der Waals surface area contributed by atoms with E-state index in [9.17, 15) is 0 Å². The fraction of sp³-hybridized carbons (Fsp3) is 1.00. The van der Waals surface area contributed by atoms with Gasteiger partial charge in [-0.15, -0.1) is 0 Å². The summed E-state index contributed by atoms with van der Waals surface area (Å²) < 4.78 is 0. The van der Waals surface area contributed by atoms with Gasteiger partial charge in [0.1, 0.15) is 0 Å². The second-order valence-electron chi connectivity index (χ2n) is 1.81. The molecule has 0 heterocycles. The van der Waals surface area contributed by atoms with Crippen LogP contribution >= 0.6 is 7.92 Å². The van der Waals surface area contributed by atoms with Crippen molar-refractivity contribution in [3.63, 3.8) is 0 Å². The zero-order valence-corrected chi connectivity index (χ0v) is 9.62. The monoisotopic (exact) mass is 142 g/mol. The Morgan fingerprint density at radius 1 is 0.875 bits per heavy atom. The van der Waals surface area contributed by atoms with Gasteiger partial charge in [-0.1, -0.05) is 0 Å². The molecule has 0 aliphatic heterocycles. The van der Waals surface area contributed by atoms with E-state index in [-0.39, 0.29) is 37.5 Å². The second-order valence-corrected chi connectivity index (χ2v) is 5.43. The summed E-state index contributed by atoms with van der Waals surface area (Å²) in [5.41, 5.74) is 0. The molecule has 0 N–H and O–H groups in total. The number of rotatable bonds is 3. The smallest absolute Gasteiger partial charge is 0.0313 e. The van der Waals surface area contributed by atoms with Crippen LogP contribution in [0.3, 0.4) is 0 Å². The van der Waals surface area contributed by atoms with Crippen molar-refractivity contribution in [3.05, 3.63) is 0 Å². The zero-order chi connectivity index (χ0) is 5.70. The standard InChI is InChI=1S/C6H15P.Na/c1-4-7(5-2)6-3;/h4-6H2,1-3H3;/q;+1/p+1. The molecule has 0 amide bonds. The van der Waals surface area contributed by atoms with Crippen molar-refractivity contribution in [2.24, 2.45) is 0 Å². The SMILES string of the molecule is CC[PH+](CC)CC.[Na+]. The molecule has 0 aromatic carbocycles. The molecule has 2 heteroatoms. The Morgan fingerprint density at radius 3 is 1.12 bits per heavy atom. The molecule has 0 aromatic heterocycles. The molecule has 0 nitrogen and oxygen atoms in total. The molecule has 0 saturated heterocycles. The third kappa shape index (κ3) is 5.56. The van der Waals surface area contributed by atoms with Gasteiger partial charge in [0.15, 0.2) is 0 Å². The van der Waals surface area contributed by atoms with E-state index in [2.05, 4.69) is 20.8 Å². The fourth-order valence-electron chi connectivity index (χ4n) is 0.750. The summed E-state index contributed by atoms with van der Waals surface area (Å²) in [6.45, 7) is 6.92. The molecule has 0 aliphatic rings. The van der Waals surface area contributed by atoms with Gasteiger partial charge in [-0.05, 0) is 28.7 Å². The van der Waals surface area contributed by atoms with Crippen LogP contribution in [0.1, 0.15) is 20.8 Å². The Morgan fingerprint density at radius 2 is 1.12 bits per heavy atom. The van der Waals surface area contributed by atoms with Crippen molar-refractivity contribution in [2.75, 3.05) is 18.5 Å². The van der Waals surface area contributed by atoms with E-state index in [0.29, 0.717) is 0 Å². The minimum Gasteiger partial charge on any atom is -0.0313 e. The van der Waals surface area contributed by atoms with Crippen molar-refractivity contribution in [3.8, 4) is 0 Å². The Labute approximate surface area is 76.5 Å². The summed E-state index contributed by atoms with van der Waals surface area (Å²) in [5, 5.41) is 0. The maximum atomic E-state index is 2.31. The normalized spacial score (nSPS) is 9.00. The van der Waals surface area contributed by atoms with Crippen LogP contribution in [0, 0.1) is 0 Å². The first-order chi connectivity index (χ1) is 3.35. The molecule has 0 saturated carbocycles. The van der Waals surface area contributed by atoms with Gasteiger partial charge in [0, 0.05) is 0 Å². The average molecular weight is 142 g/mol. The molecular formula is C6H16NaP+2. The van der Waals surface area contributed by atoms with Crippen molar-refractivity contribution < 1.29 is 29.6 Å². The molecule has 8 heavy (non-hydrogen) atoms. The van der Waals surface area contributed by atoms with Crippen LogP contribution in [0.4, 0.5) is 0 Å². The Kier molecular flexibility index (Phi) is 12.8. The summed E-state index contributed by atoms with van der Waals surface area (Å²) in [7, 11) is 0.137. The van der Waals surface area contributed by atoms with Crippen molar-refractivity contribution in [2.45, 2.75) is 20.8 Å². The maximum Gasteiger partial charge on any atom is 1.00 e. The summed E-state index contributed by atoms with van der Waals surface area (Å²) >= 11 is 0. The van der Waals surface area contributed by atoms with Crippen LogP contribution in [-0.2, 0) is 0 Å². The third-order valence-corrected chi connectivity index (χ3v) is 4.50. The molecule has 0 bridgehead atoms. The minimum atomic E-state index is 0. The quantitative estimate of drug-likeness (QED) is 0.360. The van der Waals surface area contributed by atoms with E-state index in [1.807, 2.05) is 0 Å². The van der Waals surface area contributed by atoms with Gasteiger partial charge in [-0.25, -0.2) is 0 Å². The average Bonchev–Trinajstić information content (AvgIpc) is 1.72. The summed E-state index contributed by atoms with van der Waals surface area (Å²) in [4.78, 5) is 0. The number of hydrogen-bond donors (Lipinski definition) is 0. The first-order valence-corrected chi connectivity index (χ1v) is 5.30. The van der Waals surface area contributed by atoms with Crippen LogP contribution in [0.15, 0.2) is 0 Å². The molecule has 44 valence electrons. The molecule has 0 aliphatic carbocycles. The zero-order valence-electron chi connectivity index (χ0n) is 6.62. The Bertz CT molecular complexity index is 30.0. The Balaban J connectivity index is 0. The van der Waals surface area contributed by atoms with E-state index < -0.39 is 0 Å². The molecule has 0 unspecified atom stereocenters. The van der Waals surface area contributed by atoms with Crippen LogP contribution in [-0.4, -0.2) is 18.5 Å². The van der Waals surface area contributed by atoms with E-state index in [0.717, 1.165) is 0 Å². The van der Waals surface area contributed by atoms with Gasteiger partial charge < -0.3 is 0 Å². The van der Waals surface area contributed by atoms with Gasteiger partial charge in [-0.2, -0.15) is 0 Å². The van der Waals surface area contributed by atoms with Crippen molar-refractivity contribution in [1.82, 2.24) is 0 Å². The van der Waals surface area contributed by atoms with E-state index in [4.69, 9.17) is 0 Å². The van der Waals surface area contributed by atoms with Crippen LogP contribution < -0.4 is 29.6 Å². The molecule has 0 radical (unpaired) electrons. The van der Waals surface area contributed by atoms with Crippen molar-refractivity contribution in [1.29, 1.82) is 0 Å². The van der Waals surface area contributed by atoms with E-state index in [1.54, 1.807) is 0 Å². The fourth-order valence-corrected chi connectivity index (χ4v) is 2.25. The molecule has 0 atom stereocenters. The third-order valence-electron chi connectivity index (χ3n) is 1.50. The van der Waals surface area contributed by atoms with Gasteiger partial charge in [0.05, 0.1) is 18.5 Å². The Hall–Kier alpha value is 1.43. The van der Waals surface area contributed by atoms with Gasteiger partial charge in [0.25, 0.3) is 0 Å². The van der Waals surface area contributed by atoms with E-state index >= 15 is 0 Å². The second kappa shape index (κ2) is 8.43. The first kappa shape index (κ1) is 12.1. The number of hydrogen-bond acceptors (Lipinski definition) is 0. The minimum absolute atomic E-state index is 0. The van der Waals surface area contributed by atoms with Gasteiger partial charge in [0.2, 0.25) is 0 Å². The summed E-state index contributed by atoms with van der Waals surface area (Å²) in [6, 6.07) is 0. The van der Waals surface area contributed by atoms with Gasteiger partial charge in [-0.3, -0.25) is 0 Å². The molecule has 0 rings (SSSR count). The first-order valence-electron chi connectivity index (χ1n) is 3.18. The largest absolute Gasteiger partial charge is 1.00 e. The van der Waals surface area contributed by atoms with Crippen LogP contribution in [0.25, 0.3) is 0 Å². The van der Waals surface area contributed by atoms with Gasteiger partial charge >= 0.3 is 29.6 Å². The summed E-state index contributed by atoms with van der Waals surface area (Å²) in [6.07, 6.45) is 4.37. The predicted molar refractivity (Wildman–Crippen MR) is 39.9 cm³/mol.